The van der Waals surface area contributed by atoms with E-state index in [2.05, 4.69) is 18.5 Å². The summed E-state index contributed by atoms with van der Waals surface area (Å²) in [6.07, 6.45) is 4.05. The summed E-state index contributed by atoms with van der Waals surface area (Å²) in [6.45, 7) is 9.34. The highest BCUT2D eigenvalue weighted by molar-refractivity contribution is 5.95. The molecule has 0 aliphatic rings. The Morgan fingerprint density at radius 3 is 2.62 bits per heavy atom. The van der Waals surface area contributed by atoms with Crippen molar-refractivity contribution in [1.29, 1.82) is 0 Å². The molecule has 110 valence electrons. The van der Waals surface area contributed by atoms with E-state index < -0.39 is 22.3 Å². The predicted octanol–water partition coefficient (Wildman–Crippen LogP) is 3.50. The van der Waals surface area contributed by atoms with Gasteiger partial charge in [0.15, 0.2) is 0 Å². The first-order valence-corrected chi connectivity index (χ1v) is 6.15. The molecule has 0 spiro atoms. The molecule has 1 aromatic carbocycles. The lowest BCUT2D eigenvalue weighted by atomic mass is 10.1. The lowest BCUT2D eigenvalue weighted by Gasteiger charge is -2.05. The van der Waals surface area contributed by atoms with E-state index in [1.165, 1.54) is 6.07 Å². The van der Waals surface area contributed by atoms with Crippen LogP contribution in [-0.4, -0.2) is 10.8 Å². The number of rotatable bonds is 6. The van der Waals surface area contributed by atoms with Crippen LogP contribution in [0.1, 0.15) is 23.7 Å². The topological polar surface area (TPSA) is 72.2 Å². The molecule has 1 aromatic rings. The molecule has 21 heavy (non-hydrogen) atoms. The number of carbonyl (C=O) groups excluding carboxylic acids is 1. The number of hydrogen-bond donors (Lipinski definition) is 1. The standard InChI is InChI=1S/C15H15FN2O3/c1-4-10(2)5-6-11(3)17-15(19)12-7-8-14(18(20)21)13(16)9-12/h5-9H,2-4H2,1H3,(H,17,19)/b6-5-. The number of benzene rings is 1. The lowest BCUT2D eigenvalue weighted by molar-refractivity contribution is -0.387. The highest BCUT2D eigenvalue weighted by atomic mass is 19.1. The van der Waals surface area contributed by atoms with E-state index in [1.54, 1.807) is 12.2 Å². The van der Waals surface area contributed by atoms with E-state index in [9.17, 15) is 19.3 Å². The molecule has 0 saturated carbocycles. The Kier molecular flexibility index (Phi) is 5.54. The molecule has 0 fully saturated rings. The monoisotopic (exact) mass is 290 g/mol. The maximum Gasteiger partial charge on any atom is 0.304 e. The van der Waals surface area contributed by atoms with Crippen LogP contribution in [-0.2, 0) is 0 Å². The molecule has 6 heteroatoms. The summed E-state index contributed by atoms with van der Waals surface area (Å²) in [5.41, 5.74) is 0.478. The normalized spacial score (nSPS) is 10.4. The van der Waals surface area contributed by atoms with E-state index in [0.717, 1.165) is 24.1 Å². The van der Waals surface area contributed by atoms with Crippen molar-refractivity contribution in [2.75, 3.05) is 0 Å². The van der Waals surface area contributed by atoms with Gasteiger partial charge in [-0.15, -0.1) is 0 Å². The van der Waals surface area contributed by atoms with Crippen molar-refractivity contribution in [3.8, 4) is 0 Å². The molecular weight excluding hydrogens is 275 g/mol. The fourth-order valence-corrected chi connectivity index (χ4v) is 1.39. The van der Waals surface area contributed by atoms with Crippen LogP contribution in [0.5, 0.6) is 0 Å². The molecule has 0 heterocycles. The van der Waals surface area contributed by atoms with Gasteiger partial charge in [0.2, 0.25) is 5.82 Å². The van der Waals surface area contributed by atoms with Crippen molar-refractivity contribution < 1.29 is 14.1 Å². The van der Waals surface area contributed by atoms with Gasteiger partial charge in [-0.2, -0.15) is 4.39 Å². The second kappa shape index (κ2) is 7.14. The van der Waals surface area contributed by atoms with Crippen molar-refractivity contribution in [3.63, 3.8) is 0 Å². The number of halogens is 1. The summed E-state index contributed by atoms with van der Waals surface area (Å²) in [5.74, 6) is -1.66. The SMILES string of the molecule is C=C(/C=C\C(=C)NC(=O)c1ccc([N+](=O)[O-])c(F)c1)CC. The summed E-state index contributed by atoms with van der Waals surface area (Å²) in [5, 5.41) is 12.9. The number of allylic oxidation sites excluding steroid dienone is 3. The molecule has 0 unspecified atom stereocenters. The zero-order valence-electron chi connectivity index (χ0n) is 11.6. The Balaban J connectivity index is 2.79. The quantitative estimate of drug-likeness (QED) is 0.495. The summed E-state index contributed by atoms with van der Waals surface area (Å²) in [6, 6.07) is 2.94. The third-order valence-corrected chi connectivity index (χ3v) is 2.65. The van der Waals surface area contributed by atoms with Crippen LogP contribution < -0.4 is 5.32 Å². The minimum Gasteiger partial charge on any atom is -0.323 e. The highest BCUT2D eigenvalue weighted by Crippen LogP contribution is 2.18. The van der Waals surface area contributed by atoms with Crippen LogP contribution in [0.4, 0.5) is 10.1 Å². The van der Waals surface area contributed by atoms with Gasteiger partial charge in [-0.25, -0.2) is 0 Å². The van der Waals surface area contributed by atoms with Crippen molar-refractivity contribution in [1.82, 2.24) is 5.32 Å². The maximum atomic E-state index is 13.4. The average molecular weight is 290 g/mol. The van der Waals surface area contributed by atoms with E-state index in [1.807, 2.05) is 6.92 Å². The van der Waals surface area contributed by atoms with Gasteiger partial charge in [-0.05, 0) is 24.6 Å². The van der Waals surface area contributed by atoms with Crippen LogP contribution in [0, 0.1) is 15.9 Å². The van der Waals surface area contributed by atoms with Crippen LogP contribution in [0.3, 0.4) is 0 Å². The molecule has 0 aromatic heterocycles. The number of nitrogens with zero attached hydrogens (tertiary/aromatic N) is 1. The lowest BCUT2D eigenvalue weighted by Crippen LogP contribution is -2.21. The Labute approximate surface area is 121 Å². The first-order valence-electron chi connectivity index (χ1n) is 6.15. The van der Waals surface area contributed by atoms with E-state index in [-0.39, 0.29) is 5.56 Å². The van der Waals surface area contributed by atoms with Crippen LogP contribution in [0.2, 0.25) is 0 Å². The number of hydrogen-bond acceptors (Lipinski definition) is 3. The van der Waals surface area contributed by atoms with Gasteiger partial charge in [0.1, 0.15) is 0 Å². The van der Waals surface area contributed by atoms with Gasteiger partial charge in [-0.3, -0.25) is 14.9 Å². The van der Waals surface area contributed by atoms with Gasteiger partial charge in [0.05, 0.1) is 4.92 Å². The molecule has 1 amide bonds. The minimum atomic E-state index is -1.06. The number of amides is 1. The van der Waals surface area contributed by atoms with Crippen LogP contribution in [0.15, 0.2) is 54.8 Å². The van der Waals surface area contributed by atoms with Gasteiger partial charge >= 0.3 is 5.69 Å². The minimum absolute atomic E-state index is 0.0260. The van der Waals surface area contributed by atoms with Crippen molar-refractivity contribution in [2.24, 2.45) is 0 Å². The fourth-order valence-electron chi connectivity index (χ4n) is 1.39. The smallest absolute Gasteiger partial charge is 0.304 e. The van der Waals surface area contributed by atoms with Crippen LogP contribution >= 0.6 is 0 Å². The second-order valence-electron chi connectivity index (χ2n) is 4.25. The molecule has 5 nitrogen and oxygen atoms in total. The average Bonchev–Trinajstić information content (AvgIpc) is 2.44. The summed E-state index contributed by atoms with van der Waals surface area (Å²) in [7, 11) is 0. The largest absolute Gasteiger partial charge is 0.323 e. The van der Waals surface area contributed by atoms with Crippen molar-refractivity contribution in [2.45, 2.75) is 13.3 Å². The molecule has 0 bridgehead atoms. The number of nitrogens with one attached hydrogen (secondary N) is 1. The molecule has 0 atom stereocenters. The molecular formula is C15H15FN2O3. The van der Waals surface area contributed by atoms with Gasteiger partial charge < -0.3 is 5.32 Å². The number of nitro groups is 1. The third-order valence-electron chi connectivity index (χ3n) is 2.65. The number of nitro benzene ring substituents is 1. The second-order valence-corrected chi connectivity index (χ2v) is 4.25. The van der Waals surface area contributed by atoms with Gasteiger partial charge in [0, 0.05) is 17.3 Å². The number of carbonyl (C=O) groups is 1. The summed E-state index contributed by atoms with van der Waals surface area (Å²) >= 11 is 0. The first kappa shape index (κ1) is 16.3. The Morgan fingerprint density at radius 1 is 1.43 bits per heavy atom. The summed E-state index contributed by atoms with van der Waals surface area (Å²) < 4.78 is 13.4. The molecule has 0 aliphatic carbocycles. The van der Waals surface area contributed by atoms with Crippen molar-refractivity contribution >= 4 is 11.6 Å². The van der Waals surface area contributed by atoms with E-state index >= 15 is 0 Å². The zero-order chi connectivity index (χ0) is 16.0. The van der Waals surface area contributed by atoms with Gasteiger partial charge in [-0.1, -0.05) is 31.7 Å². The molecule has 0 aliphatic heterocycles. The zero-order valence-corrected chi connectivity index (χ0v) is 11.6. The van der Waals surface area contributed by atoms with Crippen LogP contribution in [0.25, 0.3) is 0 Å². The Hall–Kier alpha value is -2.76. The van der Waals surface area contributed by atoms with Gasteiger partial charge in [0.25, 0.3) is 5.91 Å². The molecule has 1 N–H and O–H groups in total. The van der Waals surface area contributed by atoms with Crippen molar-refractivity contribution in [3.05, 3.63) is 76.3 Å². The van der Waals surface area contributed by atoms with E-state index in [0.29, 0.717) is 5.70 Å². The molecule has 1 rings (SSSR count). The van der Waals surface area contributed by atoms with E-state index in [4.69, 9.17) is 0 Å². The Morgan fingerprint density at radius 2 is 2.10 bits per heavy atom. The predicted molar refractivity (Wildman–Crippen MR) is 78.2 cm³/mol. The molecule has 0 radical (unpaired) electrons. The molecule has 0 saturated heterocycles. The Bertz CT molecular complexity index is 636. The maximum absolute atomic E-state index is 13.4. The third kappa shape index (κ3) is 4.68. The first-order chi connectivity index (χ1) is 9.85. The fraction of sp³-hybridized carbons (Fsp3) is 0.133. The highest BCUT2D eigenvalue weighted by Gasteiger charge is 2.16. The summed E-state index contributed by atoms with van der Waals surface area (Å²) in [4.78, 5) is 21.5.